The van der Waals surface area contributed by atoms with Crippen molar-refractivity contribution in [3.63, 3.8) is 0 Å². The van der Waals surface area contributed by atoms with E-state index in [1.165, 1.54) is 0 Å². The fourth-order valence-corrected chi connectivity index (χ4v) is 2.73. The Labute approximate surface area is 118 Å². The van der Waals surface area contributed by atoms with Crippen LogP contribution in [0.3, 0.4) is 0 Å². The van der Waals surface area contributed by atoms with Crippen LogP contribution in [0.2, 0.25) is 0 Å². The second-order valence-corrected chi connectivity index (χ2v) is 5.82. The summed E-state index contributed by atoms with van der Waals surface area (Å²) < 4.78 is 22.4. The summed E-state index contributed by atoms with van der Waals surface area (Å²) in [7, 11) is 0. The minimum atomic E-state index is -0.324. The molecule has 112 valence electrons. The van der Waals surface area contributed by atoms with E-state index in [9.17, 15) is 0 Å². The molecule has 0 atom stereocenters. The molecule has 0 bridgehead atoms. The molecule has 3 rings (SSSR count). The molecule has 2 fully saturated rings. The smallest absolute Gasteiger partial charge is 0.252 e. The largest absolute Gasteiger partial charge is 0.368 e. The van der Waals surface area contributed by atoms with Crippen LogP contribution in [-0.4, -0.2) is 35.2 Å². The van der Waals surface area contributed by atoms with Crippen molar-refractivity contribution in [1.82, 2.24) is 10.1 Å². The molecule has 0 N–H and O–H groups in total. The van der Waals surface area contributed by atoms with Gasteiger partial charge in [0, 0.05) is 18.8 Å². The standard InChI is InChI=1S/C14H22N2O4/c1-10(2)13-15-12(20-16-13)9-17-11-3-5-14(6-4-11)18-7-8-19-14/h10-11H,3-9H2,1-2H3. The number of hydrogen-bond donors (Lipinski definition) is 0. The Bertz CT molecular complexity index is 430. The second kappa shape index (κ2) is 5.79. The molecular formula is C14H22N2O4. The molecule has 2 heterocycles. The molecule has 20 heavy (non-hydrogen) atoms. The Hall–Kier alpha value is -0.980. The molecular weight excluding hydrogens is 260 g/mol. The lowest BCUT2D eigenvalue weighted by Gasteiger charge is -2.34. The number of hydrogen-bond acceptors (Lipinski definition) is 6. The molecule has 1 spiro atoms. The number of rotatable bonds is 4. The minimum Gasteiger partial charge on any atom is -0.368 e. The summed E-state index contributed by atoms with van der Waals surface area (Å²) in [5, 5.41) is 3.93. The zero-order valence-corrected chi connectivity index (χ0v) is 12.1. The second-order valence-electron chi connectivity index (χ2n) is 5.82. The third kappa shape index (κ3) is 3.02. The van der Waals surface area contributed by atoms with Gasteiger partial charge in [-0.2, -0.15) is 4.98 Å². The van der Waals surface area contributed by atoms with Crippen LogP contribution in [0, 0.1) is 0 Å². The van der Waals surface area contributed by atoms with Crippen LogP contribution in [0.15, 0.2) is 4.52 Å². The van der Waals surface area contributed by atoms with Gasteiger partial charge in [0.1, 0.15) is 6.61 Å². The van der Waals surface area contributed by atoms with Gasteiger partial charge in [-0.1, -0.05) is 19.0 Å². The van der Waals surface area contributed by atoms with E-state index >= 15 is 0 Å². The normalized spacial score (nSPS) is 22.9. The quantitative estimate of drug-likeness (QED) is 0.844. The predicted octanol–water partition coefficient (Wildman–Crippen LogP) is 2.40. The fourth-order valence-electron chi connectivity index (χ4n) is 2.73. The summed E-state index contributed by atoms with van der Waals surface area (Å²) in [5.74, 6) is 1.25. The highest BCUT2D eigenvalue weighted by Gasteiger charge is 2.40. The topological polar surface area (TPSA) is 66.6 Å². The summed E-state index contributed by atoms with van der Waals surface area (Å²) in [6.07, 6.45) is 3.93. The summed E-state index contributed by atoms with van der Waals surface area (Å²) in [5.41, 5.74) is 0. The first kappa shape index (κ1) is 14.0. The van der Waals surface area contributed by atoms with Crippen molar-refractivity contribution >= 4 is 0 Å². The van der Waals surface area contributed by atoms with Crippen LogP contribution < -0.4 is 0 Å². The van der Waals surface area contributed by atoms with Crippen molar-refractivity contribution < 1.29 is 18.7 Å². The maximum Gasteiger partial charge on any atom is 0.252 e. The van der Waals surface area contributed by atoms with E-state index in [1.807, 2.05) is 13.8 Å². The van der Waals surface area contributed by atoms with Crippen LogP contribution in [0.5, 0.6) is 0 Å². The van der Waals surface area contributed by atoms with Gasteiger partial charge in [0.2, 0.25) is 0 Å². The van der Waals surface area contributed by atoms with E-state index in [4.69, 9.17) is 18.7 Å². The first-order chi connectivity index (χ1) is 9.67. The Balaban J connectivity index is 1.45. The van der Waals surface area contributed by atoms with Gasteiger partial charge in [0.25, 0.3) is 5.89 Å². The first-order valence-corrected chi connectivity index (χ1v) is 7.39. The van der Waals surface area contributed by atoms with E-state index in [-0.39, 0.29) is 17.8 Å². The van der Waals surface area contributed by atoms with Crippen LogP contribution >= 0.6 is 0 Å². The maximum atomic E-state index is 5.86. The Morgan fingerprint density at radius 2 is 1.95 bits per heavy atom. The Morgan fingerprint density at radius 3 is 2.55 bits per heavy atom. The molecule has 1 aliphatic heterocycles. The van der Waals surface area contributed by atoms with Crippen molar-refractivity contribution in [2.75, 3.05) is 13.2 Å². The predicted molar refractivity (Wildman–Crippen MR) is 70.1 cm³/mol. The SMILES string of the molecule is CC(C)c1noc(COC2CCC3(CC2)OCCO3)n1. The van der Waals surface area contributed by atoms with E-state index in [0.717, 1.165) is 31.5 Å². The lowest BCUT2D eigenvalue weighted by molar-refractivity contribution is -0.193. The maximum absolute atomic E-state index is 5.86. The van der Waals surface area contributed by atoms with Gasteiger partial charge < -0.3 is 18.7 Å². The number of ether oxygens (including phenoxy) is 3. The average Bonchev–Trinajstić information content (AvgIpc) is 3.08. The van der Waals surface area contributed by atoms with Crippen LogP contribution in [0.4, 0.5) is 0 Å². The summed E-state index contributed by atoms with van der Waals surface area (Å²) in [6.45, 7) is 5.89. The van der Waals surface area contributed by atoms with Crippen molar-refractivity contribution in [1.29, 1.82) is 0 Å². The highest BCUT2D eigenvalue weighted by Crippen LogP contribution is 2.36. The highest BCUT2D eigenvalue weighted by molar-refractivity contribution is 4.91. The monoisotopic (exact) mass is 282 g/mol. The summed E-state index contributed by atoms with van der Waals surface area (Å²) in [6, 6.07) is 0. The molecule has 1 saturated heterocycles. The van der Waals surface area contributed by atoms with Gasteiger partial charge in [-0.15, -0.1) is 0 Å². The third-order valence-electron chi connectivity index (χ3n) is 3.95. The van der Waals surface area contributed by atoms with Gasteiger partial charge >= 0.3 is 0 Å². The number of aromatic nitrogens is 2. The van der Waals surface area contributed by atoms with Gasteiger partial charge in [-0.25, -0.2) is 0 Å². The van der Waals surface area contributed by atoms with Gasteiger partial charge in [0.05, 0.1) is 19.3 Å². The molecule has 2 aliphatic rings. The molecule has 0 amide bonds. The van der Waals surface area contributed by atoms with Crippen LogP contribution in [0.1, 0.15) is 57.2 Å². The van der Waals surface area contributed by atoms with Gasteiger partial charge in [0.15, 0.2) is 11.6 Å². The Kier molecular flexibility index (Phi) is 4.05. The minimum absolute atomic E-state index is 0.225. The van der Waals surface area contributed by atoms with E-state index in [0.29, 0.717) is 25.7 Å². The molecule has 0 unspecified atom stereocenters. The molecule has 1 aromatic rings. The zero-order valence-electron chi connectivity index (χ0n) is 12.1. The third-order valence-corrected chi connectivity index (χ3v) is 3.95. The molecule has 0 radical (unpaired) electrons. The van der Waals surface area contributed by atoms with Crippen molar-refractivity contribution in [3.05, 3.63) is 11.7 Å². The lowest BCUT2D eigenvalue weighted by Crippen LogP contribution is -2.37. The molecule has 1 aromatic heterocycles. The fraction of sp³-hybridized carbons (Fsp3) is 0.857. The highest BCUT2D eigenvalue weighted by atomic mass is 16.7. The molecule has 0 aromatic carbocycles. The average molecular weight is 282 g/mol. The molecule has 1 saturated carbocycles. The van der Waals surface area contributed by atoms with Crippen molar-refractivity contribution in [2.45, 2.75) is 63.9 Å². The van der Waals surface area contributed by atoms with Crippen molar-refractivity contribution in [3.8, 4) is 0 Å². The summed E-state index contributed by atoms with van der Waals surface area (Å²) >= 11 is 0. The lowest BCUT2D eigenvalue weighted by atomic mass is 9.92. The zero-order chi connectivity index (χ0) is 14.0. The number of nitrogens with zero attached hydrogens (tertiary/aromatic N) is 2. The van der Waals surface area contributed by atoms with Crippen LogP contribution in [0.25, 0.3) is 0 Å². The van der Waals surface area contributed by atoms with Gasteiger partial charge in [-0.3, -0.25) is 0 Å². The van der Waals surface area contributed by atoms with Crippen LogP contribution in [-0.2, 0) is 20.8 Å². The van der Waals surface area contributed by atoms with E-state index < -0.39 is 0 Å². The first-order valence-electron chi connectivity index (χ1n) is 7.39. The molecule has 6 heteroatoms. The van der Waals surface area contributed by atoms with E-state index in [1.54, 1.807) is 0 Å². The van der Waals surface area contributed by atoms with Gasteiger partial charge in [-0.05, 0) is 12.8 Å². The molecule has 6 nitrogen and oxygen atoms in total. The summed E-state index contributed by atoms with van der Waals surface area (Å²) in [4.78, 5) is 4.31. The Morgan fingerprint density at radius 1 is 1.25 bits per heavy atom. The molecule has 1 aliphatic carbocycles. The van der Waals surface area contributed by atoms with Crippen molar-refractivity contribution in [2.24, 2.45) is 0 Å². The van der Waals surface area contributed by atoms with E-state index in [2.05, 4.69) is 10.1 Å².